The molecule has 1 nitrogen and oxygen atoms in total. The van der Waals surface area contributed by atoms with Crippen molar-refractivity contribution in [3.05, 3.63) is 35.9 Å². The van der Waals surface area contributed by atoms with Crippen LogP contribution in [0, 0.1) is 23.7 Å². The summed E-state index contributed by atoms with van der Waals surface area (Å²) < 4.78 is 67.4. The van der Waals surface area contributed by atoms with Crippen molar-refractivity contribution in [3.63, 3.8) is 0 Å². The quantitative estimate of drug-likeness (QED) is 0.217. The third-order valence-electron chi connectivity index (χ3n) is 8.12. The molecule has 0 heterocycles. The van der Waals surface area contributed by atoms with Gasteiger partial charge in [-0.1, -0.05) is 76.2 Å². The molecule has 0 N–H and O–H groups in total. The number of hydrogen-bond donors (Lipinski definition) is 0. The number of alkyl halides is 5. The van der Waals surface area contributed by atoms with Gasteiger partial charge in [-0.05, 0) is 79.9 Å². The SMILES string of the molecule is CCCCCCC1CCC(C2CCC(C=Cc3ccc(OCC(F)(F)C(F)(F)F)cc3)CC2)CC1. The lowest BCUT2D eigenvalue weighted by Gasteiger charge is -2.37. The van der Waals surface area contributed by atoms with Gasteiger partial charge < -0.3 is 4.74 Å². The Morgan fingerprint density at radius 3 is 1.97 bits per heavy atom. The van der Waals surface area contributed by atoms with Crippen LogP contribution in [0.2, 0.25) is 0 Å². The molecule has 1 aromatic rings. The molecule has 2 aliphatic rings. The van der Waals surface area contributed by atoms with Crippen molar-refractivity contribution in [2.75, 3.05) is 6.61 Å². The van der Waals surface area contributed by atoms with Gasteiger partial charge in [0.25, 0.3) is 0 Å². The van der Waals surface area contributed by atoms with Gasteiger partial charge in [0.05, 0.1) is 0 Å². The van der Waals surface area contributed by atoms with Crippen molar-refractivity contribution < 1.29 is 26.7 Å². The smallest absolute Gasteiger partial charge is 0.456 e. The normalized spacial score (nSPS) is 26.2. The van der Waals surface area contributed by atoms with Gasteiger partial charge in [0, 0.05) is 0 Å². The van der Waals surface area contributed by atoms with Crippen molar-refractivity contribution in [2.24, 2.45) is 23.7 Å². The summed E-state index contributed by atoms with van der Waals surface area (Å²) in [6.45, 7) is 0.556. The topological polar surface area (TPSA) is 9.23 Å². The largest absolute Gasteiger partial charge is 0.487 e. The van der Waals surface area contributed by atoms with Gasteiger partial charge in [-0.15, -0.1) is 0 Å². The first kappa shape index (κ1) is 28.0. The summed E-state index contributed by atoms with van der Waals surface area (Å²) in [5.74, 6) is -1.58. The second-order valence-electron chi connectivity index (χ2n) is 10.7. The molecule has 0 amide bonds. The Morgan fingerprint density at radius 1 is 0.800 bits per heavy atom. The maximum Gasteiger partial charge on any atom is 0.456 e. The highest BCUT2D eigenvalue weighted by Crippen LogP contribution is 2.42. The standard InChI is InChI=1S/C29H41F5O/c1-2-3-4-5-6-22-9-15-25(16-10-22)26-17-11-23(12-18-26)7-8-24-13-19-27(20-14-24)35-21-28(30,31)29(32,33)34/h7-8,13-14,19-20,22-23,25-26H,2-6,9-12,15-18,21H2,1H3. The van der Waals surface area contributed by atoms with Gasteiger partial charge in [-0.25, -0.2) is 0 Å². The fourth-order valence-corrected chi connectivity index (χ4v) is 5.80. The maximum atomic E-state index is 13.0. The molecule has 1 aromatic carbocycles. The van der Waals surface area contributed by atoms with Gasteiger partial charge in [-0.2, -0.15) is 22.0 Å². The Hall–Kier alpha value is -1.59. The average molecular weight is 501 g/mol. The molecular weight excluding hydrogens is 459 g/mol. The second-order valence-corrected chi connectivity index (χ2v) is 10.7. The molecule has 3 rings (SSSR count). The molecule has 0 saturated heterocycles. The third-order valence-corrected chi connectivity index (χ3v) is 8.12. The number of unbranched alkanes of at least 4 members (excludes halogenated alkanes) is 3. The summed E-state index contributed by atoms with van der Waals surface area (Å²) in [5, 5.41) is 0. The lowest BCUT2D eigenvalue weighted by Crippen LogP contribution is -2.41. The molecule has 0 aliphatic heterocycles. The summed E-state index contributed by atoms with van der Waals surface area (Å²) in [6.07, 6.45) is 16.2. The van der Waals surface area contributed by atoms with Crippen LogP contribution in [-0.4, -0.2) is 18.7 Å². The number of ether oxygens (including phenoxy) is 1. The van der Waals surface area contributed by atoms with Crippen LogP contribution in [0.1, 0.15) is 96.0 Å². The number of benzene rings is 1. The highest BCUT2D eigenvalue weighted by molar-refractivity contribution is 5.50. The van der Waals surface area contributed by atoms with E-state index in [-0.39, 0.29) is 5.75 Å². The van der Waals surface area contributed by atoms with E-state index in [1.165, 1.54) is 95.6 Å². The van der Waals surface area contributed by atoms with Crippen molar-refractivity contribution in [1.82, 2.24) is 0 Å². The molecule has 2 saturated carbocycles. The summed E-state index contributed by atoms with van der Waals surface area (Å²) in [7, 11) is 0. The first-order chi connectivity index (χ1) is 16.7. The number of allylic oxidation sites excluding steroid dienone is 1. The van der Waals surface area contributed by atoms with Gasteiger partial charge in [0.1, 0.15) is 5.75 Å². The predicted molar refractivity (Wildman–Crippen MR) is 132 cm³/mol. The summed E-state index contributed by atoms with van der Waals surface area (Å²) in [6, 6.07) is 6.24. The van der Waals surface area contributed by atoms with Crippen LogP contribution < -0.4 is 4.74 Å². The number of rotatable bonds is 11. The van der Waals surface area contributed by atoms with Gasteiger partial charge in [-0.3, -0.25) is 0 Å². The lowest BCUT2D eigenvalue weighted by molar-refractivity contribution is -0.290. The van der Waals surface area contributed by atoms with E-state index in [4.69, 9.17) is 0 Å². The van der Waals surface area contributed by atoms with E-state index in [0.717, 1.165) is 23.3 Å². The van der Waals surface area contributed by atoms with E-state index in [9.17, 15) is 22.0 Å². The van der Waals surface area contributed by atoms with Crippen molar-refractivity contribution >= 4 is 6.08 Å². The third kappa shape index (κ3) is 8.78. The van der Waals surface area contributed by atoms with Crippen LogP contribution in [0.5, 0.6) is 5.75 Å². The summed E-state index contributed by atoms with van der Waals surface area (Å²) in [4.78, 5) is 0. The van der Waals surface area contributed by atoms with Crippen LogP contribution in [0.4, 0.5) is 22.0 Å². The van der Waals surface area contributed by atoms with E-state index in [1.807, 2.05) is 6.08 Å². The molecule has 2 aliphatic carbocycles. The van der Waals surface area contributed by atoms with Crippen LogP contribution in [0.25, 0.3) is 6.08 Å². The maximum absolute atomic E-state index is 13.0. The second kappa shape index (κ2) is 13.1. The molecule has 0 bridgehead atoms. The van der Waals surface area contributed by atoms with E-state index in [1.54, 1.807) is 12.1 Å². The molecule has 0 unspecified atom stereocenters. The van der Waals surface area contributed by atoms with Gasteiger partial charge in [0.15, 0.2) is 6.61 Å². The lowest BCUT2D eigenvalue weighted by atomic mass is 9.68. The van der Waals surface area contributed by atoms with Gasteiger partial charge in [0.2, 0.25) is 0 Å². The fraction of sp³-hybridized carbons (Fsp3) is 0.724. The van der Waals surface area contributed by atoms with Gasteiger partial charge >= 0.3 is 12.1 Å². The molecule has 0 aromatic heterocycles. The molecular formula is C29H41F5O. The van der Waals surface area contributed by atoms with E-state index in [0.29, 0.717) is 5.92 Å². The molecule has 35 heavy (non-hydrogen) atoms. The van der Waals surface area contributed by atoms with E-state index < -0.39 is 18.7 Å². The van der Waals surface area contributed by atoms with Crippen LogP contribution in [0.15, 0.2) is 30.3 Å². The monoisotopic (exact) mass is 500 g/mol. The molecule has 0 radical (unpaired) electrons. The van der Waals surface area contributed by atoms with Crippen LogP contribution in [-0.2, 0) is 0 Å². The van der Waals surface area contributed by atoms with Crippen molar-refractivity contribution in [1.29, 1.82) is 0 Å². The average Bonchev–Trinajstić information content (AvgIpc) is 2.85. The molecule has 6 heteroatoms. The summed E-state index contributed by atoms with van der Waals surface area (Å²) in [5.41, 5.74) is 0.888. The minimum atomic E-state index is -5.61. The fourth-order valence-electron chi connectivity index (χ4n) is 5.80. The van der Waals surface area contributed by atoms with E-state index >= 15 is 0 Å². The number of hydrogen-bond acceptors (Lipinski definition) is 1. The number of halogens is 5. The Labute approximate surface area is 207 Å². The van der Waals surface area contributed by atoms with Crippen molar-refractivity contribution in [2.45, 2.75) is 102 Å². The zero-order valence-corrected chi connectivity index (χ0v) is 21.0. The molecule has 0 spiro atoms. The van der Waals surface area contributed by atoms with E-state index in [2.05, 4.69) is 17.7 Å². The zero-order chi connectivity index (χ0) is 25.3. The van der Waals surface area contributed by atoms with Crippen LogP contribution >= 0.6 is 0 Å². The first-order valence-corrected chi connectivity index (χ1v) is 13.5. The Morgan fingerprint density at radius 2 is 1.40 bits per heavy atom. The van der Waals surface area contributed by atoms with Crippen LogP contribution in [0.3, 0.4) is 0 Å². The minimum absolute atomic E-state index is 0.00210. The zero-order valence-electron chi connectivity index (χ0n) is 21.0. The Kier molecular flexibility index (Phi) is 10.5. The highest BCUT2D eigenvalue weighted by Gasteiger charge is 2.58. The Balaban J connectivity index is 1.36. The predicted octanol–water partition coefficient (Wildman–Crippen LogP) is 9.86. The Bertz CT molecular complexity index is 754. The minimum Gasteiger partial charge on any atom is -0.487 e. The summed E-state index contributed by atoms with van der Waals surface area (Å²) >= 11 is 0. The highest BCUT2D eigenvalue weighted by atomic mass is 19.4. The molecule has 0 atom stereocenters. The van der Waals surface area contributed by atoms with Crippen molar-refractivity contribution in [3.8, 4) is 5.75 Å². The molecule has 2 fully saturated rings. The molecule has 198 valence electrons. The first-order valence-electron chi connectivity index (χ1n) is 13.5.